The Kier molecular flexibility index (Phi) is 2.42. The summed E-state index contributed by atoms with van der Waals surface area (Å²) in [5.74, 6) is 0.557. The fourth-order valence-corrected chi connectivity index (χ4v) is 1.05. The van der Waals surface area contributed by atoms with Crippen LogP contribution in [0, 0.1) is 0 Å². The van der Waals surface area contributed by atoms with Crippen molar-refractivity contribution in [2.75, 3.05) is 0 Å². The van der Waals surface area contributed by atoms with E-state index in [0.29, 0.717) is 18.1 Å². The second kappa shape index (κ2) is 3.89. The Labute approximate surface area is 81.1 Å². The van der Waals surface area contributed by atoms with E-state index >= 15 is 0 Å². The maximum Gasteiger partial charge on any atom is 0.180 e. The van der Waals surface area contributed by atoms with Gasteiger partial charge in [0.25, 0.3) is 0 Å². The number of hydrogen-bond acceptors (Lipinski definition) is 5. The van der Waals surface area contributed by atoms with Crippen LogP contribution in [-0.4, -0.2) is 19.9 Å². The predicted octanol–water partition coefficient (Wildman–Crippen LogP) is 0.392. The van der Waals surface area contributed by atoms with Gasteiger partial charge in [-0.05, 0) is 6.07 Å². The fraction of sp³-hybridized carbons (Fsp3) is 0.111. The van der Waals surface area contributed by atoms with Crippen LogP contribution in [0.2, 0.25) is 0 Å². The maximum absolute atomic E-state index is 5.47. The standard InChI is InChI=1S/C9H9N5/c10-5-7-1-2-13-9(14-7)8-6-11-3-4-12-8/h1-4,6H,5,10H2. The molecule has 5 nitrogen and oxygen atoms in total. The van der Waals surface area contributed by atoms with Gasteiger partial charge < -0.3 is 5.73 Å². The lowest BCUT2D eigenvalue weighted by Gasteiger charge is -1.99. The summed E-state index contributed by atoms with van der Waals surface area (Å²) in [5, 5.41) is 0. The third-order valence-electron chi connectivity index (χ3n) is 1.71. The van der Waals surface area contributed by atoms with Crippen molar-refractivity contribution in [1.82, 2.24) is 19.9 Å². The van der Waals surface area contributed by atoms with Gasteiger partial charge in [-0.15, -0.1) is 0 Å². The Bertz CT molecular complexity index is 415. The zero-order chi connectivity index (χ0) is 9.80. The average Bonchev–Trinajstić information content (AvgIpc) is 2.30. The van der Waals surface area contributed by atoms with Crippen molar-refractivity contribution in [3.8, 4) is 11.5 Å². The first-order valence-electron chi connectivity index (χ1n) is 4.18. The van der Waals surface area contributed by atoms with E-state index in [1.807, 2.05) is 0 Å². The topological polar surface area (TPSA) is 77.6 Å². The lowest BCUT2D eigenvalue weighted by Crippen LogP contribution is -2.02. The van der Waals surface area contributed by atoms with Gasteiger partial charge in [0.1, 0.15) is 5.69 Å². The van der Waals surface area contributed by atoms with Gasteiger partial charge in [-0.1, -0.05) is 0 Å². The van der Waals surface area contributed by atoms with E-state index in [1.54, 1.807) is 30.9 Å². The number of rotatable bonds is 2. The van der Waals surface area contributed by atoms with Gasteiger partial charge in [0.05, 0.1) is 11.9 Å². The summed E-state index contributed by atoms with van der Waals surface area (Å²) < 4.78 is 0. The summed E-state index contributed by atoms with van der Waals surface area (Å²) in [5.41, 5.74) is 6.92. The van der Waals surface area contributed by atoms with Gasteiger partial charge in [0, 0.05) is 25.1 Å². The monoisotopic (exact) mass is 187 g/mol. The Balaban J connectivity index is 2.42. The molecular formula is C9H9N5. The minimum absolute atomic E-state index is 0.399. The smallest absolute Gasteiger partial charge is 0.180 e. The largest absolute Gasteiger partial charge is 0.325 e. The van der Waals surface area contributed by atoms with Gasteiger partial charge in [-0.2, -0.15) is 0 Å². The minimum atomic E-state index is 0.399. The second-order valence-electron chi connectivity index (χ2n) is 2.67. The number of hydrogen-bond donors (Lipinski definition) is 1. The summed E-state index contributed by atoms with van der Waals surface area (Å²) in [6.45, 7) is 0.399. The fourth-order valence-electron chi connectivity index (χ4n) is 1.05. The first kappa shape index (κ1) is 8.71. The summed E-state index contributed by atoms with van der Waals surface area (Å²) in [4.78, 5) is 16.4. The molecule has 0 saturated carbocycles. The Morgan fingerprint density at radius 2 is 2.07 bits per heavy atom. The van der Waals surface area contributed by atoms with E-state index in [-0.39, 0.29) is 0 Å². The first-order valence-corrected chi connectivity index (χ1v) is 4.18. The molecule has 2 N–H and O–H groups in total. The molecule has 0 aromatic carbocycles. The third-order valence-corrected chi connectivity index (χ3v) is 1.71. The molecule has 70 valence electrons. The van der Waals surface area contributed by atoms with Crippen LogP contribution in [0.5, 0.6) is 0 Å². The number of aromatic nitrogens is 4. The molecule has 2 aromatic rings. The van der Waals surface area contributed by atoms with E-state index in [0.717, 1.165) is 5.69 Å². The lowest BCUT2D eigenvalue weighted by molar-refractivity contribution is 0.962. The molecule has 0 bridgehead atoms. The molecule has 0 aliphatic rings. The maximum atomic E-state index is 5.47. The van der Waals surface area contributed by atoms with Crippen molar-refractivity contribution in [3.05, 3.63) is 36.5 Å². The molecule has 0 aliphatic heterocycles. The number of nitrogens with two attached hydrogens (primary N) is 1. The number of nitrogens with zero attached hydrogens (tertiary/aromatic N) is 4. The molecule has 2 rings (SSSR count). The first-order chi connectivity index (χ1) is 6.90. The highest BCUT2D eigenvalue weighted by atomic mass is 14.9. The molecule has 14 heavy (non-hydrogen) atoms. The van der Waals surface area contributed by atoms with Crippen LogP contribution in [0.15, 0.2) is 30.9 Å². The summed E-state index contributed by atoms with van der Waals surface area (Å²) in [6.07, 6.45) is 6.50. The Morgan fingerprint density at radius 3 is 2.79 bits per heavy atom. The molecular weight excluding hydrogens is 178 g/mol. The SMILES string of the molecule is NCc1ccnc(-c2cnccn2)n1. The summed E-state index contributed by atoms with van der Waals surface area (Å²) >= 11 is 0. The van der Waals surface area contributed by atoms with Gasteiger partial charge in [0.2, 0.25) is 0 Å². The third kappa shape index (κ3) is 1.72. The predicted molar refractivity (Wildman–Crippen MR) is 50.9 cm³/mol. The molecule has 0 radical (unpaired) electrons. The highest BCUT2D eigenvalue weighted by molar-refractivity contribution is 5.46. The highest BCUT2D eigenvalue weighted by Gasteiger charge is 2.02. The van der Waals surface area contributed by atoms with Gasteiger partial charge in [-0.3, -0.25) is 4.98 Å². The molecule has 2 heterocycles. The zero-order valence-corrected chi connectivity index (χ0v) is 7.46. The van der Waals surface area contributed by atoms with Crippen LogP contribution in [0.1, 0.15) is 5.69 Å². The van der Waals surface area contributed by atoms with Crippen LogP contribution < -0.4 is 5.73 Å². The van der Waals surface area contributed by atoms with Gasteiger partial charge in [-0.25, -0.2) is 15.0 Å². The Hall–Kier alpha value is -1.88. The van der Waals surface area contributed by atoms with Crippen molar-refractivity contribution < 1.29 is 0 Å². The summed E-state index contributed by atoms with van der Waals surface area (Å²) in [6, 6.07) is 1.78. The molecule has 0 amide bonds. The van der Waals surface area contributed by atoms with Crippen LogP contribution in [0.4, 0.5) is 0 Å². The molecule has 0 atom stereocenters. The quantitative estimate of drug-likeness (QED) is 0.735. The van der Waals surface area contributed by atoms with Crippen LogP contribution >= 0.6 is 0 Å². The van der Waals surface area contributed by atoms with Crippen molar-refractivity contribution in [2.24, 2.45) is 5.73 Å². The van der Waals surface area contributed by atoms with Crippen LogP contribution in [-0.2, 0) is 6.54 Å². The van der Waals surface area contributed by atoms with E-state index in [9.17, 15) is 0 Å². The zero-order valence-electron chi connectivity index (χ0n) is 7.46. The Morgan fingerprint density at radius 1 is 1.14 bits per heavy atom. The van der Waals surface area contributed by atoms with E-state index in [1.165, 1.54) is 0 Å². The molecule has 0 saturated heterocycles. The van der Waals surface area contributed by atoms with E-state index in [4.69, 9.17) is 5.73 Å². The van der Waals surface area contributed by atoms with Crippen molar-refractivity contribution in [1.29, 1.82) is 0 Å². The van der Waals surface area contributed by atoms with Gasteiger partial charge >= 0.3 is 0 Å². The van der Waals surface area contributed by atoms with Crippen molar-refractivity contribution in [3.63, 3.8) is 0 Å². The lowest BCUT2D eigenvalue weighted by atomic mass is 10.3. The van der Waals surface area contributed by atoms with Gasteiger partial charge in [0.15, 0.2) is 5.82 Å². The minimum Gasteiger partial charge on any atom is -0.325 e. The summed E-state index contributed by atoms with van der Waals surface area (Å²) in [7, 11) is 0. The van der Waals surface area contributed by atoms with Crippen molar-refractivity contribution >= 4 is 0 Å². The van der Waals surface area contributed by atoms with Crippen molar-refractivity contribution in [2.45, 2.75) is 6.54 Å². The molecule has 0 aliphatic carbocycles. The molecule has 0 unspecified atom stereocenters. The van der Waals surface area contributed by atoms with Crippen LogP contribution in [0.25, 0.3) is 11.5 Å². The molecule has 5 heteroatoms. The van der Waals surface area contributed by atoms with Crippen LogP contribution in [0.3, 0.4) is 0 Å². The highest BCUT2D eigenvalue weighted by Crippen LogP contribution is 2.08. The second-order valence-corrected chi connectivity index (χ2v) is 2.67. The normalized spacial score (nSPS) is 10.1. The molecule has 2 aromatic heterocycles. The average molecular weight is 187 g/mol. The van der Waals surface area contributed by atoms with E-state index in [2.05, 4.69) is 19.9 Å². The molecule has 0 fully saturated rings. The molecule has 0 spiro atoms. The van der Waals surface area contributed by atoms with E-state index < -0.39 is 0 Å².